The van der Waals surface area contributed by atoms with E-state index in [2.05, 4.69) is 21.2 Å². The maximum absolute atomic E-state index is 12.7. The zero-order valence-electron chi connectivity index (χ0n) is 16.7. The summed E-state index contributed by atoms with van der Waals surface area (Å²) in [6.45, 7) is 5.47. The fourth-order valence-electron chi connectivity index (χ4n) is 4.08. The Bertz CT molecular complexity index is 847. The van der Waals surface area contributed by atoms with Crippen LogP contribution in [0.3, 0.4) is 0 Å². The molecule has 0 saturated carbocycles. The first kappa shape index (κ1) is 19.6. The maximum Gasteiger partial charge on any atom is 0.238 e. The summed E-state index contributed by atoms with van der Waals surface area (Å²) in [5.41, 5.74) is 3.17. The first-order valence-electron chi connectivity index (χ1n) is 10.4. The van der Waals surface area contributed by atoms with Crippen LogP contribution in [0.5, 0.6) is 0 Å². The number of hydrogen-bond acceptors (Lipinski definition) is 4. The Morgan fingerprint density at radius 2 is 1.52 bits per heavy atom. The molecule has 152 valence electrons. The van der Waals surface area contributed by atoms with Crippen LogP contribution in [-0.4, -0.2) is 67.4 Å². The van der Waals surface area contributed by atoms with Crippen molar-refractivity contribution < 1.29 is 9.59 Å². The van der Waals surface area contributed by atoms with E-state index < -0.39 is 0 Å². The zero-order chi connectivity index (χ0) is 20.1. The SMILES string of the molecule is O=C(CN1CCN(CCC(=O)N2CCc3ccccc32)CC1)Nc1ccccc1. The highest BCUT2D eigenvalue weighted by Gasteiger charge is 2.25. The molecule has 29 heavy (non-hydrogen) atoms. The largest absolute Gasteiger partial charge is 0.325 e. The van der Waals surface area contributed by atoms with Gasteiger partial charge < -0.3 is 15.1 Å². The Kier molecular flexibility index (Phi) is 6.22. The zero-order valence-corrected chi connectivity index (χ0v) is 16.7. The van der Waals surface area contributed by atoms with Crippen LogP contribution in [0.4, 0.5) is 11.4 Å². The number of carbonyl (C=O) groups excluding carboxylic acids is 2. The number of benzene rings is 2. The van der Waals surface area contributed by atoms with Crippen molar-refractivity contribution in [3.8, 4) is 0 Å². The lowest BCUT2D eigenvalue weighted by Crippen LogP contribution is -2.49. The molecule has 0 aromatic heterocycles. The number of anilines is 2. The predicted octanol–water partition coefficient (Wildman–Crippen LogP) is 2.22. The van der Waals surface area contributed by atoms with Crippen molar-refractivity contribution in [3.63, 3.8) is 0 Å². The molecule has 1 saturated heterocycles. The number of fused-ring (bicyclic) bond motifs is 1. The fourth-order valence-corrected chi connectivity index (χ4v) is 4.08. The van der Waals surface area contributed by atoms with Crippen LogP contribution in [0.2, 0.25) is 0 Å². The number of carbonyl (C=O) groups is 2. The highest BCUT2D eigenvalue weighted by atomic mass is 16.2. The van der Waals surface area contributed by atoms with Gasteiger partial charge in [0.05, 0.1) is 6.54 Å². The fraction of sp³-hybridized carbons (Fsp3) is 0.391. The highest BCUT2D eigenvalue weighted by molar-refractivity contribution is 5.95. The molecular weight excluding hydrogens is 364 g/mol. The number of nitrogens with zero attached hydrogens (tertiary/aromatic N) is 3. The topological polar surface area (TPSA) is 55.9 Å². The second-order valence-electron chi connectivity index (χ2n) is 7.71. The molecule has 6 heteroatoms. The molecule has 2 aromatic rings. The molecule has 2 heterocycles. The van der Waals surface area contributed by atoms with Crippen molar-refractivity contribution in [1.82, 2.24) is 9.80 Å². The minimum atomic E-state index is 0.0209. The number of piperazine rings is 1. The van der Waals surface area contributed by atoms with Gasteiger partial charge in [0, 0.05) is 57.1 Å². The van der Waals surface area contributed by atoms with Crippen molar-refractivity contribution in [3.05, 3.63) is 60.2 Å². The van der Waals surface area contributed by atoms with Gasteiger partial charge in [-0.15, -0.1) is 0 Å². The van der Waals surface area contributed by atoms with Crippen LogP contribution in [-0.2, 0) is 16.0 Å². The molecule has 2 amide bonds. The number of rotatable bonds is 6. The van der Waals surface area contributed by atoms with Crippen LogP contribution in [0.1, 0.15) is 12.0 Å². The Morgan fingerprint density at radius 1 is 0.828 bits per heavy atom. The number of nitrogens with one attached hydrogen (secondary N) is 1. The van der Waals surface area contributed by atoms with E-state index >= 15 is 0 Å². The van der Waals surface area contributed by atoms with Crippen molar-refractivity contribution in [2.75, 3.05) is 56.0 Å². The van der Waals surface area contributed by atoms with Gasteiger partial charge >= 0.3 is 0 Å². The molecule has 0 aliphatic carbocycles. The third-order valence-electron chi connectivity index (χ3n) is 5.72. The third-order valence-corrected chi connectivity index (χ3v) is 5.72. The number of para-hydroxylation sites is 2. The van der Waals surface area contributed by atoms with Gasteiger partial charge in [-0.2, -0.15) is 0 Å². The van der Waals surface area contributed by atoms with E-state index in [9.17, 15) is 9.59 Å². The van der Waals surface area contributed by atoms with E-state index in [1.807, 2.05) is 53.4 Å². The quantitative estimate of drug-likeness (QED) is 0.819. The summed E-state index contributed by atoms with van der Waals surface area (Å²) in [7, 11) is 0. The van der Waals surface area contributed by atoms with Gasteiger partial charge in [0.2, 0.25) is 11.8 Å². The Balaban J connectivity index is 1.18. The third kappa shape index (κ3) is 5.02. The van der Waals surface area contributed by atoms with Crippen LogP contribution < -0.4 is 10.2 Å². The van der Waals surface area contributed by atoms with E-state index in [1.54, 1.807) is 0 Å². The van der Waals surface area contributed by atoms with E-state index in [0.29, 0.717) is 13.0 Å². The Hall–Kier alpha value is -2.70. The highest BCUT2D eigenvalue weighted by Crippen LogP contribution is 2.27. The lowest BCUT2D eigenvalue weighted by molar-refractivity contribution is -0.118. The van der Waals surface area contributed by atoms with Gasteiger partial charge in [0.15, 0.2) is 0 Å². The van der Waals surface area contributed by atoms with E-state index in [0.717, 1.165) is 57.1 Å². The van der Waals surface area contributed by atoms with E-state index in [1.165, 1.54) is 5.56 Å². The molecule has 2 aliphatic heterocycles. The molecule has 2 aliphatic rings. The maximum atomic E-state index is 12.7. The molecule has 0 radical (unpaired) electrons. The monoisotopic (exact) mass is 392 g/mol. The van der Waals surface area contributed by atoms with Crippen LogP contribution in [0, 0.1) is 0 Å². The van der Waals surface area contributed by atoms with Gasteiger partial charge in [-0.25, -0.2) is 0 Å². The van der Waals surface area contributed by atoms with Gasteiger partial charge in [-0.05, 0) is 30.2 Å². The number of hydrogen-bond donors (Lipinski definition) is 1. The molecule has 1 N–H and O–H groups in total. The molecule has 6 nitrogen and oxygen atoms in total. The molecule has 4 rings (SSSR count). The Labute approximate surface area is 172 Å². The molecule has 0 bridgehead atoms. The summed E-state index contributed by atoms with van der Waals surface area (Å²) in [6.07, 6.45) is 1.49. The van der Waals surface area contributed by atoms with Crippen molar-refractivity contribution in [1.29, 1.82) is 0 Å². The van der Waals surface area contributed by atoms with Gasteiger partial charge in [-0.3, -0.25) is 14.5 Å². The lowest BCUT2D eigenvalue weighted by atomic mass is 10.2. The minimum Gasteiger partial charge on any atom is -0.325 e. The summed E-state index contributed by atoms with van der Waals surface area (Å²) >= 11 is 0. The summed E-state index contributed by atoms with van der Waals surface area (Å²) < 4.78 is 0. The minimum absolute atomic E-state index is 0.0209. The van der Waals surface area contributed by atoms with Crippen molar-refractivity contribution in [2.45, 2.75) is 12.8 Å². The van der Waals surface area contributed by atoms with Gasteiger partial charge in [-0.1, -0.05) is 36.4 Å². The average molecular weight is 393 g/mol. The second kappa shape index (κ2) is 9.20. The molecular formula is C23H28N4O2. The van der Waals surface area contributed by atoms with Crippen LogP contribution in [0.15, 0.2) is 54.6 Å². The normalized spacial score (nSPS) is 17.2. The first-order chi connectivity index (χ1) is 14.2. The van der Waals surface area contributed by atoms with Crippen molar-refractivity contribution in [2.24, 2.45) is 0 Å². The van der Waals surface area contributed by atoms with Crippen LogP contribution in [0.25, 0.3) is 0 Å². The second-order valence-corrected chi connectivity index (χ2v) is 7.71. The number of amides is 2. The molecule has 0 spiro atoms. The Morgan fingerprint density at radius 3 is 2.31 bits per heavy atom. The van der Waals surface area contributed by atoms with Crippen molar-refractivity contribution >= 4 is 23.2 Å². The van der Waals surface area contributed by atoms with E-state index in [4.69, 9.17) is 0 Å². The summed E-state index contributed by atoms with van der Waals surface area (Å²) in [4.78, 5) is 31.3. The molecule has 2 aromatic carbocycles. The molecule has 0 atom stereocenters. The molecule has 0 unspecified atom stereocenters. The van der Waals surface area contributed by atoms with Gasteiger partial charge in [0.1, 0.15) is 0 Å². The lowest BCUT2D eigenvalue weighted by Gasteiger charge is -2.34. The smallest absolute Gasteiger partial charge is 0.238 e. The standard InChI is InChI=1S/C23H28N4O2/c28-22(24-20-7-2-1-3-8-20)18-26-16-14-25(15-17-26)12-11-23(29)27-13-10-19-6-4-5-9-21(19)27/h1-9H,10-18H2,(H,24,28). The summed E-state index contributed by atoms with van der Waals surface area (Å²) in [6, 6.07) is 17.7. The van der Waals surface area contributed by atoms with Crippen LogP contribution >= 0.6 is 0 Å². The predicted molar refractivity (Wildman–Crippen MR) is 115 cm³/mol. The first-order valence-corrected chi connectivity index (χ1v) is 10.4. The van der Waals surface area contributed by atoms with Gasteiger partial charge in [0.25, 0.3) is 0 Å². The summed E-state index contributed by atoms with van der Waals surface area (Å²) in [5, 5.41) is 2.94. The molecule has 1 fully saturated rings. The summed E-state index contributed by atoms with van der Waals surface area (Å²) in [5.74, 6) is 0.229. The average Bonchev–Trinajstić information content (AvgIpc) is 3.18. The van der Waals surface area contributed by atoms with E-state index in [-0.39, 0.29) is 11.8 Å².